The number of hydrogen-bond donors (Lipinski definition) is 1. The van der Waals surface area contributed by atoms with Gasteiger partial charge in [-0.2, -0.15) is 11.8 Å². The van der Waals surface area contributed by atoms with Crippen LogP contribution in [-0.2, 0) is 0 Å². The Hall–Kier alpha value is -1.17. The number of benzene rings is 1. The molecule has 0 aliphatic heterocycles. The summed E-state index contributed by atoms with van der Waals surface area (Å²) in [5, 5.41) is 0.607. The van der Waals surface area contributed by atoms with Crippen LogP contribution in [0.15, 0.2) is 33.9 Å². The van der Waals surface area contributed by atoms with Gasteiger partial charge in [-0.1, -0.05) is 35.3 Å². The van der Waals surface area contributed by atoms with E-state index in [9.17, 15) is 9.59 Å². The molecule has 0 saturated carbocycles. The fourth-order valence-corrected chi connectivity index (χ4v) is 3.13. The van der Waals surface area contributed by atoms with Crippen molar-refractivity contribution in [2.75, 3.05) is 12.0 Å². The Labute approximate surface area is 136 Å². The summed E-state index contributed by atoms with van der Waals surface area (Å²) in [6, 6.07) is 6.53. The van der Waals surface area contributed by atoms with Crippen LogP contribution in [0.3, 0.4) is 0 Å². The Balaban J connectivity index is 2.67. The van der Waals surface area contributed by atoms with Gasteiger partial charge in [-0.25, -0.2) is 4.79 Å². The lowest BCUT2D eigenvalue weighted by Gasteiger charge is -2.15. The van der Waals surface area contributed by atoms with E-state index in [0.717, 1.165) is 0 Å². The molecule has 1 atom stereocenters. The summed E-state index contributed by atoms with van der Waals surface area (Å²) in [5.74, 6) is 0.657. The molecule has 0 spiro atoms. The highest BCUT2D eigenvalue weighted by atomic mass is 35.5. The third kappa shape index (κ3) is 3.36. The average Bonchev–Trinajstić information content (AvgIpc) is 2.40. The molecule has 7 heteroatoms. The van der Waals surface area contributed by atoms with Gasteiger partial charge in [0.2, 0.25) is 0 Å². The number of aromatic amines is 1. The fourth-order valence-electron chi connectivity index (χ4n) is 2.11. The molecule has 112 valence electrons. The monoisotopic (exact) mass is 344 g/mol. The molecule has 1 N–H and O–H groups in total. The molecule has 0 fully saturated rings. The topological polar surface area (TPSA) is 54.9 Å². The van der Waals surface area contributed by atoms with Gasteiger partial charge in [-0.05, 0) is 30.9 Å². The molecule has 0 aliphatic carbocycles. The van der Waals surface area contributed by atoms with Crippen LogP contribution in [0.25, 0.3) is 11.1 Å². The largest absolute Gasteiger partial charge is 0.329 e. The van der Waals surface area contributed by atoms with E-state index in [1.54, 1.807) is 36.0 Å². The van der Waals surface area contributed by atoms with Gasteiger partial charge >= 0.3 is 5.69 Å². The van der Waals surface area contributed by atoms with E-state index >= 15 is 0 Å². The van der Waals surface area contributed by atoms with Crippen LogP contribution in [0.4, 0.5) is 0 Å². The first-order valence-corrected chi connectivity index (χ1v) is 8.40. The Morgan fingerprint density at radius 2 is 1.86 bits per heavy atom. The van der Waals surface area contributed by atoms with Gasteiger partial charge in [0.25, 0.3) is 5.56 Å². The summed E-state index contributed by atoms with van der Waals surface area (Å²) in [6.45, 7) is 1.83. The maximum Gasteiger partial charge on any atom is 0.329 e. The van der Waals surface area contributed by atoms with Crippen LogP contribution >= 0.6 is 35.0 Å². The van der Waals surface area contributed by atoms with Crippen LogP contribution in [-0.4, -0.2) is 21.6 Å². The normalized spacial score (nSPS) is 12.4. The lowest BCUT2D eigenvalue weighted by atomic mass is 10.1. The van der Waals surface area contributed by atoms with E-state index in [-0.39, 0.29) is 16.8 Å². The standard InChI is InChI=1S/C14H14Cl2N2O2S/c1-8(7-21-2)18-13(19)11(12(16)17-14(18)20)9-3-5-10(15)6-4-9/h3-6,8H,7H2,1-2H3,(H,17,20). The molecule has 1 unspecified atom stereocenters. The lowest BCUT2D eigenvalue weighted by Crippen LogP contribution is -2.39. The van der Waals surface area contributed by atoms with Crippen molar-refractivity contribution < 1.29 is 0 Å². The SMILES string of the molecule is CSCC(C)n1c(=O)[nH]c(Cl)c(-c2ccc(Cl)cc2)c1=O. The first kappa shape index (κ1) is 16.2. The zero-order valence-corrected chi connectivity index (χ0v) is 13.9. The smallest absolute Gasteiger partial charge is 0.297 e. The predicted molar refractivity (Wildman–Crippen MR) is 89.9 cm³/mol. The first-order valence-electron chi connectivity index (χ1n) is 6.25. The predicted octanol–water partition coefficient (Wildman–Crippen LogP) is 3.43. The van der Waals surface area contributed by atoms with Crippen molar-refractivity contribution in [2.45, 2.75) is 13.0 Å². The second-order valence-corrected chi connectivity index (χ2v) is 6.33. The second kappa shape index (κ2) is 6.73. The van der Waals surface area contributed by atoms with Crippen LogP contribution in [0.2, 0.25) is 10.2 Å². The van der Waals surface area contributed by atoms with Crippen molar-refractivity contribution in [3.05, 3.63) is 55.3 Å². The molecule has 0 aliphatic rings. The van der Waals surface area contributed by atoms with E-state index in [0.29, 0.717) is 16.3 Å². The fraction of sp³-hybridized carbons (Fsp3) is 0.286. The zero-order valence-electron chi connectivity index (χ0n) is 11.5. The minimum Gasteiger partial charge on any atom is -0.297 e. The van der Waals surface area contributed by atoms with E-state index in [1.165, 1.54) is 4.57 Å². The van der Waals surface area contributed by atoms with Crippen molar-refractivity contribution >= 4 is 35.0 Å². The number of rotatable bonds is 4. The van der Waals surface area contributed by atoms with Gasteiger partial charge < -0.3 is 0 Å². The number of hydrogen-bond acceptors (Lipinski definition) is 3. The van der Waals surface area contributed by atoms with E-state index in [4.69, 9.17) is 23.2 Å². The van der Waals surface area contributed by atoms with Gasteiger partial charge in [0.05, 0.1) is 5.56 Å². The highest BCUT2D eigenvalue weighted by molar-refractivity contribution is 7.98. The molecule has 0 saturated heterocycles. The summed E-state index contributed by atoms with van der Waals surface area (Å²) in [6.07, 6.45) is 1.92. The number of nitrogens with zero attached hydrogens (tertiary/aromatic N) is 1. The van der Waals surface area contributed by atoms with Crippen molar-refractivity contribution in [3.63, 3.8) is 0 Å². The number of thioether (sulfide) groups is 1. The molecule has 21 heavy (non-hydrogen) atoms. The average molecular weight is 345 g/mol. The first-order chi connectivity index (χ1) is 9.95. The molecule has 1 heterocycles. The van der Waals surface area contributed by atoms with Crippen LogP contribution in [0.5, 0.6) is 0 Å². The van der Waals surface area contributed by atoms with Crippen molar-refractivity contribution in [2.24, 2.45) is 0 Å². The van der Waals surface area contributed by atoms with Gasteiger partial charge in [0.1, 0.15) is 5.15 Å². The summed E-state index contributed by atoms with van der Waals surface area (Å²) in [4.78, 5) is 27.2. The van der Waals surface area contributed by atoms with E-state index in [2.05, 4.69) is 4.98 Å². The molecule has 2 rings (SSSR count). The second-order valence-electron chi connectivity index (χ2n) is 4.61. The molecule has 1 aromatic carbocycles. The van der Waals surface area contributed by atoms with Crippen molar-refractivity contribution in [3.8, 4) is 11.1 Å². The minimum atomic E-state index is -0.496. The minimum absolute atomic E-state index is 0.0416. The molecule has 1 aromatic heterocycles. The quantitative estimate of drug-likeness (QED) is 0.864. The van der Waals surface area contributed by atoms with Crippen LogP contribution in [0.1, 0.15) is 13.0 Å². The molecule has 4 nitrogen and oxygen atoms in total. The maximum absolute atomic E-state index is 12.6. The van der Waals surface area contributed by atoms with Gasteiger partial charge in [-0.3, -0.25) is 14.3 Å². The number of nitrogens with one attached hydrogen (secondary N) is 1. The summed E-state index contributed by atoms with van der Waals surface area (Å²) >= 11 is 13.5. The number of H-pyrrole nitrogens is 1. The highest BCUT2D eigenvalue weighted by Gasteiger charge is 2.18. The molecule has 0 bridgehead atoms. The number of aromatic nitrogens is 2. The number of halogens is 2. The molecular formula is C14H14Cl2N2O2S. The molecule has 0 radical (unpaired) electrons. The lowest BCUT2D eigenvalue weighted by molar-refractivity contribution is 0.555. The van der Waals surface area contributed by atoms with Crippen LogP contribution < -0.4 is 11.2 Å². The molecule has 2 aromatic rings. The van der Waals surface area contributed by atoms with Gasteiger partial charge in [-0.15, -0.1) is 0 Å². The van der Waals surface area contributed by atoms with Gasteiger partial charge in [0.15, 0.2) is 0 Å². The van der Waals surface area contributed by atoms with Gasteiger partial charge in [0, 0.05) is 16.8 Å². The van der Waals surface area contributed by atoms with Crippen LogP contribution in [0, 0.1) is 0 Å². The summed E-state index contributed by atoms with van der Waals surface area (Å²) < 4.78 is 1.20. The Kier molecular flexibility index (Phi) is 5.19. The summed E-state index contributed by atoms with van der Waals surface area (Å²) in [7, 11) is 0. The molecule has 0 amide bonds. The zero-order chi connectivity index (χ0) is 15.6. The highest BCUT2D eigenvalue weighted by Crippen LogP contribution is 2.23. The Bertz CT molecular complexity index is 753. The third-order valence-corrected chi connectivity index (χ3v) is 4.42. The maximum atomic E-state index is 12.6. The van der Waals surface area contributed by atoms with E-state index < -0.39 is 11.2 Å². The Morgan fingerprint density at radius 3 is 2.43 bits per heavy atom. The van der Waals surface area contributed by atoms with Crippen molar-refractivity contribution in [1.82, 2.24) is 9.55 Å². The third-order valence-electron chi connectivity index (χ3n) is 3.07. The molecular weight excluding hydrogens is 331 g/mol. The van der Waals surface area contributed by atoms with Crippen molar-refractivity contribution in [1.29, 1.82) is 0 Å². The Morgan fingerprint density at radius 1 is 1.24 bits per heavy atom. The summed E-state index contributed by atoms with van der Waals surface area (Å²) in [5.41, 5.74) is 0.00789. The van der Waals surface area contributed by atoms with E-state index in [1.807, 2.05) is 13.2 Å².